The molecule has 1 fully saturated rings. The first-order valence-corrected chi connectivity index (χ1v) is 9.45. The van der Waals surface area contributed by atoms with E-state index in [2.05, 4.69) is 9.62 Å². The van der Waals surface area contributed by atoms with Crippen LogP contribution in [0.4, 0.5) is 0 Å². The second-order valence-corrected chi connectivity index (χ2v) is 7.66. The van der Waals surface area contributed by atoms with E-state index in [1.54, 1.807) is 18.2 Å². The van der Waals surface area contributed by atoms with Gasteiger partial charge in [0.1, 0.15) is 10.6 Å². The molecule has 1 aromatic carbocycles. The number of hydrogen-bond acceptors (Lipinski definition) is 5. The second kappa shape index (κ2) is 8.10. The van der Waals surface area contributed by atoms with Crippen LogP contribution in [0.2, 0.25) is 0 Å². The number of ether oxygens (including phenoxy) is 1. The van der Waals surface area contributed by atoms with E-state index in [0.29, 0.717) is 18.8 Å². The first-order chi connectivity index (χ1) is 11.0. The standard InChI is InChI=1S/C16H26N2O4S/c1-13-6-7-16(15(11-13)22-2)23(20,21)17-8-10-18-9-4-3-5-14(18)12-19/h6-7,11,14,17,19H,3-5,8-10,12H2,1-2H3/t14-/m0/s1. The molecule has 2 N–H and O–H groups in total. The van der Waals surface area contributed by atoms with Gasteiger partial charge in [-0.2, -0.15) is 0 Å². The van der Waals surface area contributed by atoms with Gasteiger partial charge in [-0.25, -0.2) is 13.1 Å². The van der Waals surface area contributed by atoms with E-state index in [1.165, 1.54) is 7.11 Å². The van der Waals surface area contributed by atoms with Crippen molar-refractivity contribution in [1.29, 1.82) is 0 Å². The van der Waals surface area contributed by atoms with Crippen molar-refractivity contribution in [2.75, 3.05) is 33.4 Å². The lowest BCUT2D eigenvalue weighted by Crippen LogP contribution is -2.45. The Morgan fingerprint density at radius 3 is 2.87 bits per heavy atom. The summed E-state index contributed by atoms with van der Waals surface area (Å²) in [5.74, 6) is 0.351. The van der Waals surface area contributed by atoms with Crippen molar-refractivity contribution in [3.05, 3.63) is 23.8 Å². The number of hydrogen-bond donors (Lipinski definition) is 2. The lowest BCUT2D eigenvalue weighted by Gasteiger charge is -2.34. The van der Waals surface area contributed by atoms with Gasteiger partial charge in [-0.3, -0.25) is 4.90 Å². The van der Waals surface area contributed by atoms with Gasteiger partial charge in [-0.05, 0) is 44.0 Å². The summed E-state index contributed by atoms with van der Waals surface area (Å²) in [6.45, 7) is 3.82. The monoisotopic (exact) mass is 342 g/mol. The molecular formula is C16H26N2O4S. The number of nitrogens with one attached hydrogen (secondary N) is 1. The van der Waals surface area contributed by atoms with Crippen LogP contribution in [-0.2, 0) is 10.0 Å². The number of methoxy groups -OCH3 is 1. The van der Waals surface area contributed by atoms with Crippen molar-refractivity contribution in [2.45, 2.75) is 37.1 Å². The summed E-state index contributed by atoms with van der Waals surface area (Å²) in [5.41, 5.74) is 0.944. The Kier molecular flexibility index (Phi) is 6.41. The topological polar surface area (TPSA) is 78.9 Å². The highest BCUT2D eigenvalue weighted by molar-refractivity contribution is 7.89. The van der Waals surface area contributed by atoms with Gasteiger partial charge >= 0.3 is 0 Å². The van der Waals surface area contributed by atoms with Crippen LogP contribution >= 0.6 is 0 Å². The minimum Gasteiger partial charge on any atom is -0.495 e. The van der Waals surface area contributed by atoms with Crippen LogP contribution in [0, 0.1) is 6.92 Å². The SMILES string of the molecule is COc1cc(C)ccc1S(=O)(=O)NCCN1CCCC[C@H]1CO. The third-order valence-electron chi connectivity index (χ3n) is 4.26. The maximum absolute atomic E-state index is 12.5. The number of aliphatic hydroxyl groups excluding tert-OH is 1. The van der Waals surface area contributed by atoms with Crippen LogP contribution in [0.1, 0.15) is 24.8 Å². The van der Waals surface area contributed by atoms with Gasteiger partial charge < -0.3 is 9.84 Å². The fourth-order valence-corrected chi connectivity index (χ4v) is 4.13. The van der Waals surface area contributed by atoms with E-state index < -0.39 is 10.0 Å². The summed E-state index contributed by atoms with van der Waals surface area (Å²) in [7, 11) is -2.14. The number of rotatable bonds is 7. The summed E-state index contributed by atoms with van der Waals surface area (Å²) in [4.78, 5) is 2.31. The van der Waals surface area contributed by atoms with Crippen molar-refractivity contribution >= 4 is 10.0 Å². The number of benzene rings is 1. The number of likely N-dealkylation sites (tertiary alicyclic amines) is 1. The molecular weight excluding hydrogens is 316 g/mol. The molecule has 0 bridgehead atoms. The van der Waals surface area contributed by atoms with Crippen LogP contribution < -0.4 is 9.46 Å². The summed E-state index contributed by atoms with van der Waals surface area (Å²) in [6, 6.07) is 5.17. The molecule has 23 heavy (non-hydrogen) atoms. The summed E-state index contributed by atoms with van der Waals surface area (Å²) < 4.78 is 32.7. The largest absolute Gasteiger partial charge is 0.495 e. The van der Waals surface area contributed by atoms with E-state index in [9.17, 15) is 13.5 Å². The van der Waals surface area contributed by atoms with E-state index in [1.807, 2.05) is 6.92 Å². The van der Waals surface area contributed by atoms with Gasteiger partial charge in [0.2, 0.25) is 10.0 Å². The quantitative estimate of drug-likeness (QED) is 0.777. The number of aliphatic hydroxyl groups is 1. The van der Waals surface area contributed by atoms with E-state index in [-0.39, 0.29) is 17.5 Å². The molecule has 0 aliphatic carbocycles. The second-order valence-electron chi connectivity index (χ2n) is 5.92. The zero-order valence-electron chi connectivity index (χ0n) is 13.8. The third-order valence-corrected chi connectivity index (χ3v) is 5.76. The molecule has 7 heteroatoms. The van der Waals surface area contributed by atoms with Gasteiger partial charge in [0, 0.05) is 19.1 Å². The predicted molar refractivity (Wildman–Crippen MR) is 89.2 cm³/mol. The molecule has 1 aliphatic heterocycles. The molecule has 1 aliphatic rings. The maximum atomic E-state index is 12.5. The van der Waals surface area contributed by atoms with E-state index >= 15 is 0 Å². The molecule has 6 nitrogen and oxygen atoms in total. The first kappa shape index (κ1) is 18.2. The van der Waals surface area contributed by atoms with Gasteiger partial charge in [-0.1, -0.05) is 12.5 Å². The smallest absolute Gasteiger partial charge is 0.244 e. The highest BCUT2D eigenvalue weighted by Gasteiger charge is 2.23. The lowest BCUT2D eigenvalue weighted by atomic mass is 10.0. The van der Waals surface area contributed by atoms with Crippen molar-refractivity contribution in [2.24, 2.45) is 0 Å². The Morgan fingerprint density at radius 2 is 2.17 bits per heavy atom. The lowest BCUT2D eigenvalue weighted by molar-refractivity contribution is 0.0923. The fraction of sp³-hybridized carbons (Fsp3) is 0.625. The maximum Gasteiger partial charge on any atom is 0.244 e. The molecule has 0 unspecified atom stereocenters. The Hall–Kier alpha value is -1.15. The Labute approximate surface area is 138 Å². The predicted octanol–water partition coefficient (Wildman–Crippen LogP) is 1.13. The molecule has 1 heterocycles. The summed E-state index contributed by atoms with van der Waals surface area (Å²) >= 11 is 0. The average molecular weight is 342 g/mol. The van der Waals surface area contributed by atoms with E-state index in [0.717, 1.165) is 31.4 Å². The minimum atomic E-state index is -3.61. The minimum absolute atomic E-state index is 0.124. The molecule has 0 amide bonds. The molecule has 2 rings (SSSR count). The van der Waals surface area contributed by atoms with Crippen LogP contribution in [0.25, 0.3) is 0 Å². The molecule has 0 saturated carbocycles. The van der Waals surface area contributed by atoms with Gasteiger partial charge in [-0.15, -0.1) is 0 Å². The molecule has 130 valence electrons. The number of nitrogens with zero attached hydrogens (tertiary/aromatic N) is 1. The molecule has 0 spiro atoms. The van der Waals surface area contributed by atoms with Crippen molar-refractivity contribution in [3.63, 3.8) is 0 Å². The van der Waals surface area contributed by atoms with Gasteiger partial charge in [0.05, 0.1) is 13.7 Å². The Bertz CT molecular complexity index is 619. The highest BCUT2D eigenvalue weighted by Crippen LogP contribution is 2.24. The summed E-state index contributed by atoms with van der Waals surface area (Å²) in [5, 5.41) is 9.40. The van der Waals surface area contributed by atoms with Crippen LogP contribution in [0.5, 0.6) is 5.75 Å². The molecule has 0 aromatic heterocycles. The number of sulfonamides is 1. The first-order valence-electron chi connectivity index (χ1n) is 7.97. The molecule has 1 atom stereocenters. The Balaban J connectivity index is 1.99. The van der Waals surface area contributed by atoms with Crippen molar-refractivity contribution in [3.8, 4) is 5.75 Å². The number of piperidine rings is 1. The highest BCUT2D eigenvalue weighted by atomic mass is 32.2. The van der Waals surface area contributed by atoms with Crippen LogP contribution in [0.15, 0.2) is 23.1 Å². The van der Waals surface area contributed by atoms with Crippen molar-refractivity contribution < 1.29 is 18.3 Å². The van der Waals surface area contributed by atoms with Crippen LogP contribution in [0.3, 0.4) is 0 Å². The van der Waals surface area contributed by atoms with Crippen LogP contribution in [-0.4, -0.2) is 57.8 Å². The number of aryl methyl sites for hydroxylation is 1. The zero-order valence-corrected chi connectivity index (χ0v) is 14.6. The van der Waals surface area contributed by atoms with Gasteiger partial charge in [0.15, 0.2) is 0 Å². The molecule has 0 radical (unpaired) electrons. The van der Waals surface area contributed by atoms with Crippen molar-refractivity contribution in [1.82, 2.24) is 9.62 Å². The van der Waals surface area contributed by atoms with Gasteiger partial charge in [0.25, 0.3) is 0 Å². The fourth-order valence-electron chi connectivity index (χ4n) is 2.96. The third kappa shape index (κ3) is 4.67. The molecule has 1 aromatic rings. The van der Waals surface area contributed by atoms with E-state index in [4.69, 9.17) is 4.74 Å². The average Bonchev–Trinajstić information content (AvgIpc) is 2.54. The Morgan fingerprint density at radius 1 is 1.39 bits per heavy atom. The summed E-state index contributed by atoms with van der Waals surface area (Å²) in [6.07, 6.45) is 3.18. The zero-order chi connectivity index (χ0) is 16.9. The normalized spacial score (nSPS) is 19.7. The molecule has 1 saturated heterocycles.